The highest BCUT2D eigenvalue weighted by Gasteiger charge is 2.12. The molecule has 3 heteroatoms. The fourth-order valence-corrected chi connectivity index (χ4v) is 2.29. The van der Waals surface area contributed by atoms with Crippen LogP contribution in [0, 0.1) is 11.6 Å². The molecule has 0 fully saturated rings. The van der Waals surface area contributed by atoms with Gasteiger partial charge in [-0.2, -0.15) is 0 Å². The zero-order chi connectivity index (χ0) is 13.7. The van der Waals surface area contributed by atoms with E-state index >= 15 is 0 Å². The Morgan fingerprint density at radius 3 is 2.21 bits per heavy atom. The van der Waals surface area contributed by atoms with Crippen molar-refractivity contribution in [3.8, 4) is 0 Å². The number of nitrogens with one attached hydrogen (secondary N) is 1. The topological polar surface area (TPSA) is 12.0 Å². The first-order valence-corrected chi connectivity index (χ1v) is 6.33. The van der Waals surface area contributed by atoms with Gasteiger partial charge in [0.05, 0.1) is 0 Å². The van der Waals surface area contributed by atoms with Crippen LogP contribution in [0.15, 0.2) is 48.5 Å². The predicted octanol–water partition coefficient (Wildman–Crippen LogP) is 3.51. The molecule has 2 rings (SSSR count). The highest BCUT2D eigenvalue weighted by molar-refractivity contribution is 5.25. The molecular weight excluding hydrogens is 244 g/mol. The van der Waals surface area contributed by atoms with E-state index in [-0.39, 0.29) is 5.92 Å². The third kappa shape index (κ3) is 3.86. The van der Waals surface area contributed by atoms with Gasteiger partial charge in [0.25, 0.3) is 0 Å². The summed E-state index contributed by atoms with van der Waals surface area (Å²) in [5.74, 6) is -0.843. The third-order valence-electron chi connectivity index (χ3n) is 3.13. The molecule has 0 amide bonds. The minimum Gasteiger partial charge on any atom is -0.319 e. The fourth-order valence-electron chi connectivity index (χ4n) is 2.29. The second-order valence-corrected chi connectivity index (χ2v) is 4.65. The summed E-state index contributed by atoms with van der Waals surface area (Å²) in [6.45, 7) is 0.766. The normalized spacial score (nSPS) is 12.4. The number of benzene rings is 2. The van der Waals surface area contributed by atoms with Gasteiger partial charge < -0.3 is 5.32 Å². The monoisotopic (exact) mass is 261 g/mol. The lowest BCUT2D eigenvalue weighted by Crippen LogP contribution is -2.19. The number of likely N-dealkylation sites (N-methyl/N-ethyl adjacent to an activating group) is 1. The molecule has 1 nitrogen and oxygen atoms in total. The van der Waals surface area contributed by atoms with Gasteiger partial charge in [-0.3, -0.25) is 0 Å². The van der Waals surface area contributed by atoms with Crippen LogP contribution in [0.5, 0.6) is 0 Å². The van der Waals surface area contributed by atoms with E-state index in [0.29, 0.717) is 12.0 Å². The van der Waals surface area contributed by atoms with Gasteiger partial charge in [-0.25, -0.2) is 8.78 Å². The molecule has 1 N–H and O–H groups in total. The molecule has 0 saturated heterocycles. The highest BCUT2D eigenvalue weighted by atomic mass is 19.1. The average molecular weight is 261 g/mol. The molecule has 19 heavy (non-hydrogen) atoms. The molecule has 0 radical (unpaired) electrons. The van der Waals surface area contributed by atoms with Crippen molar-refractivity contribution in [2.24, 2.45) is 0 Å². The summed E-state index contributed by atoms with van der Waals surface area (Å²) in [4.78, 5) is 0. The minimum absolute atomic E-state index is 0.201. The largest absolute Gasteiger partial charge is 0.319 e. The van der Waals surface area contributed by atoms with Crippen LogP contribution in [0.3, 0.4) is 0 Å². The lowest BCUT2D eigenvalue weighted by atomic mass is 9.92. The molecule has 0 aliphatic rings. The first-order valence-electron chi connectivity index (χ1n) is 6.33. The van der Waals surface area contributed by atoms with Crippen LogP contribution < -0.4 is 5.32 Å². The van der Waals surface area contributed by atoms with Gasteiger partial charge in [-0.05, 0) is 36.7 Å². The maximum atomic E-state index is 13.2. The molecule has 1 atom stereocenters. The summed E-state index contributed by atoms with van der Waals surface area (Å²) in [5, 5.41) is 3.13. The van der Waals surface area contributed by atoms with Crippen LogP contribution in [0.25, 0.3) is 0 Å². The van der Waals surface area contributed by atoms with Gasteiger partial charge in [-0.15, -0.1) is 0 Å². The molecular formula is C16H17F2N. The highest BCUT2D eigenvalue weighted by Crippen LogP contribution is 2.21. The smallest absolute Gasteiger partial charge is 0.126 e. The quantitative estimate of drug-likeness (QED) is 0.868. The maximum absolute atomic E-state index is 13.2. The summed E-state index contributed by atoms with van der Waals surface area (Å²) in [6, 6.07) is 13.7. The van der Waals surface area contributed by atoms with Crippen molar-refractivity contribution in [2.45, 2.75) is 12.3 Å². The Morgan fingerprint density at radius 1 is 1.00 bits per heavy atom. The molecule has 1 unspecified atom stereocenters. The van der Waals surface area contributed by atoms with E-state index < -0.39 is 11.6 Å². The molecule has 0 aliphatic carbocycles. The van der Waals surface area contributed by atoms with E-state index in [2.05, 4.69) is 5.32 Å². The van der Waals surface area contributed by atoms with Crippen LogP contribution in [0.2, 0.25) is 0 Å². The Morgan fingerprint density at radius 2 is 1.63 bits per heavy atom. The second-order valence-electron chi connectivity index (χ2n) is 4.65. The van der Waals surface area contributed by atoms with Crippen LogP contribution in [0.4, 0.5) is 8.78 Å². The Kier molecular flexibility index (Phi) is 4.63. The first-order chi connectivity index (χ1) is 9.19. The second kappa shape index (κ2) is 6.43. The molecule has 0 saturated carbocycles. The summed E-state index contributed by atoms with van der Waals surface area (Å²) >= 11 is 0. The van der Waals surface area contributed by atoms with E-state index in [4.69, 9.17) is 0 Å². The molecule has 0 bridgehead atoms. The van der Waals surface area contributed by atoms with Crippen LogP contribution in [-0.2, 0) is 6.42 Å². The zero-order valence-electron chi connectivity index (χ0n) is 10.9. The lowest BCUT2D eigenvalue weighted by molar-refractivity contribution is 0.571. The maximum Gasteiger partial charge on any atom is 0.126 e. The molecule has 0 spiro atoms. The van der Waals surface area contributed by atoms with Crippen molar-refractivity contribution < 1.29 is 8.78 Å². The van der Waals surface area contributed by atoms with E-state index in [1.165, 1.54) is 17.7 Å². The fraction of sp³-hybridized carbons (Fsp3) is 0.250. The summed E-state index contributed by atoms with van der Waals surface area (Å²) in [6.07, 6.45) is 0.611. The number of halogens is 2. The van der Waals surface area contributed by atoms with Gasteiger partial charge in [0.1, 0.15) is 11.6 Å². The Bertz CT molecular complexity index is 505. The van der Waals surface area contributed by atoms with Crippen LogP contribution in [0.1, 0.15) is 17.0 Å². The van der Waals surface area contributed by atoms with Crippen molar-refractivity contribution in [3.63, 3.8) is 0 Å². The van der Waals surface area contributed by atoms with Crippen molar-refractivity contribution in [1.29, 1.82) is 0 Å². The predicted molar refractivity (Wildman–Crippen MR) is 73.2 cm³/mol. The molecule has 100 valence electrons. The number of hydrogen-bond donors (Lipinski definition) is 1. The van der Waals surface area contributed by atoms with E-state index in [9.17, 15) is 8.78 Å². The van der Waals surface area contributed by atoms with E-state index in [0.717, 1.165) is 12.6 Å². The van der Waals surface area contributed by atoms with Gasteiger partial charge in [-0.1, -0.05) is 30.3 Å². The van der Waals surface area contributed by atoms with Gasteiger partial charge in [0.15, 0.2) is 0 Å². The zero-order valence-corrected chi connectivity index (χ0v) is 10.9. The molecule has 0 heterocycles. The van der Waals surface area contributed by atoms with Crippen LogP contribution in [-0.4, -0.2) is 13.6 Å². The molecule has 2 aromatic rings. The van der Waals surface area contributed by atoms with Gasteiger partial charge in [0, 0.05) is 18.5 Å². The van der Waals surface area contributed by atoms with E-state index in [1.807, 2.05) is 37.4 Å². The lowest BCUT2D eigenvalue weighted by Gasteiger charge is -2.17. The minimum atomic E-state index is -0.522. The van der Waals surface area contributed by atoms with Crippen molar-refractivity contribution in [2.75, 3.05) is 13.6 Å². The summed E-state index contributed by atoms with van der Waals surface area (Å²) in [5.41, 5.74) is 1.85. The Labute approximate surface area is 112 Å². The summed E-state index contributed by atoms with van der Waals surface area (Å²) in [7, 11) is 1.88. The van der Waals surface area contributed by atoms with Crippen LogP contribution >= 0.6 is 0 Å². The first kappa shape index (κ1) is 13.7. The van der Waals surface area contributed by atoms with Crippen molar-refractivity contribution in [3.05, 3.63) is 71.3 Å². The molecule has 2 aromatic carbocycles. The third-order valence-corrected chi connectivity index (χ3v) is 3.13. The SMILES string of the molecule is CNCC(Cc1cc(F)cc(F)c1)c1ccccc1. The van der Waals surface area contributed by atoms with Crippen molar-refractivity contribution in [1.82, 2.24) is 5.32 Å². The average Bonchev–Trinajstić information content (AvgIpc) is 2.38. The van der Waals surface area contributed by atoms with Crippen molar-refractivity contribution >= 4 is 0 Å². The molecule has 0 aromatic heterocycles. The Balaban J connectivity index is 2.21. The standard InChI is InChI=1S/C16H17F2N/c1-19-11-14(13-5-3-2-4-6-13)7-12-8-15(17)10-16(18)9-12/h2-6,8-10,14,19H,7,11H2,1H3. The van der Waals surface area contributed by atoms with Gasteiger partial charge >= 0.3 is 0 Å². The van der Waals surface area contributed by atoms with Gasteiger partial charge in [0.2, 0.25) is 0 Å². The Hall–Kier alpha value is -1.74. The molecule has 0 aliphatic heterocycles. The number of rotatable bonds is 5. The summed E-state index contributed by atoms with van der Waals surface area (Å²) < 4.78 is 26.4. The van der Waals surface area contributed by atoms with E-state index in [1.54, 1.807) is 0 Å². The number of hydrogen-bond acceptors (Lipinski definition) is 1.